The van der Waals surface area contributed by atoms with Crippen LogP contribution in [0.5, 0.6) is 0 Å². The summed E-state index contributed by atoms with van der Waals surface area (Å²) in [6, 6.07) is 8.72. The molecule has 4 heteroatoms. The molecule has 1 aromatic rings. The summed E-state index contributed by atoms with van der Waals surface area (Å²) in [6.45, 7) is 1.44. The summed E-state index contributed by atoms with van der Waals surface area (Å²) in [4.78, 5) is 12.1. The molecular weight excluding hydrogens is 306 g/mol. The van der Waals surface area contributed by atoms with Gasteiger partial charge in [-0.05, 0) is 37.0 Å². The molecule has 1 N–H and O–H groups in total. The van der Waals surface area contributed by atoms with Crippen molar-refractivity contribution in [2.75, 3.05) is 13.2 Å². The van der Waals surface area contributed by atoms with Crippen molar-refractivity contribution in [2.45, 2.75) is 31.2 Å². The largest absolute Gasteiger partial charge is 0.381 e. The highest BCUT2D eigenvalue weighted by Gasteiger charge is 2.40. The molecule has 0 aromatic heterocycles. The Hall–Kier alpha value is -0.870. The van der Waals surface area contributed by atoms with Crippen LogP contribution < -0.4 is 5.32 Å². The van der Waals surface area contributed by atoms with Gasteiger partial charge in [0.2, 0.25) is 5.91 Å². The molecule has 0 radical (unpaired) electrons. The Labute approximate surface area is 121 Å². The molecule has 0 spiro atoms. The van der Waals surface area contributed by atoms with Crippen LogP contribution in [0, 0.1) is 5.92 Å². The predicted octanol–water partition coefficient (Wildman–Crippen LogP) is 2.85. The van der Waals surface area contributed by atoms with Gasteiger partial charge in [-0.15, -0.1) is 0 Å². The van der Waals surface area contributed by atoms with Crippen molar-refractivity contribution in [1.29, 1.82) is 0 Å². The summed E-state index contributed by atoms with van der Waals surface area (Å²) in [5, 5.41) is 3.18. The first kappa shape index (κ1) is 13.1. The number of carbonyl (C=O) groups excluding carboxylic acids is 1. The van der Waals surface area contributed by atoms with E-state index in [0.29, 0.717) is 12.0 Å². The van der Waals surface area contributed by atoms with E-state index >= 15 is 0 Å². The number of hydrogen-bond donors (Lipinski definition) is 1. The fraction of sp³-hybridized carbons (Fsp3) is 0.533. The van der Waals surface area contributed by atoms with Crippen molar-refractivity contribution in [3.63, 3.8) is 0 Å². The van der Waals surface area contributed by atoms with E-state index in [-0.39, 0.29) is 11.8 Å². The first-order chi connectivity index (χ1) is 9.24. The molecule has 1 aliphatic heterocycles. The third-order valence-corrected chi connectivity index (χ3v) is 4.54. The molecule has 1 heterocycles. The fourth-order valence-electron chi connectivity index (χ4n) is 2.69. The highest BCUT2D eigenvalue weighted by molar-refractivity contribution is 9.10. The van der Waals surface area contributed by atoms with Gasteiger partial charge in [-0.1, -0.05) is 28.1 Å². The van der Waals surface area contributed by atoms with Crippen LogP contribution in [-0.4, -0.2) is 25.2 Å². The molecule has 1 saturated carbocycles. The summed E-state index contributed by atoms with van der Waals surface area (Å²) >= 11 is 3.44. The molecule has 2 aliphatic rings. The zero-order chi connectivity index (χ0) is 13.2. The van der Waals surface area contributed by atoms with Gasteiger partial charge in [-0.2, -0.15) is 0 Å². The summed E-state index contributed by atoms with van der Waals surface area (Å²) in [5.74, 6) is 0.865. The third kappa shape index (κ3) is 3.18. The minimum atomic E-state index is 0.153. The number of nitrogens with one attached hydrogen (secondary N) is 1. The lowest BCUT2D eigenvalue weighted by Gasteiger charge is -2.21. The maximum atomic E-state index is 12.1. The van der Waals surface area contributed by atoms with Crippen LogP contribution in [0.1, 0.15) is 30.7 Å². The molecule has 102 valence electrons. The monoisotopic (exact) mass is 323 g/mol. The molecule has 0 bridgehead atoms. The highest BCUT2D eigenvalue weighted by atomic mass is 79.9. The van der Waals surface area contributed by atoms with Crippen molar-refractivity contribution in [1.82, 2.24) is 5.32 Å². The Balaban J connectivity index is 1.52. The van der Waals surface area contributed by atoms with Crippen molar-refractivity contribution in [2.24, 2.45) is 5.92 Å². The van der Waals surface area contributed by atoms with Crippen molar-refractivity contribution < 1.29 is 9.53 Å². The van der Waals surface area contributed by atoms with Crippen LogP contribution in [0.3, 0.4) is 0 Å². The number of halogens is 1. The minimum absolute atomic E-state index is 0.153. The molecule has 1 saturated heterocycles. The van der Waals surface area contributed by atoms with Crippen LogP contribution >= 0.6 is 15.9 Å². The smallest absolute Gasteiger partial charge is 0.223 e. The summed E-state index contributed by atoms with van der Waals surface area (Å²) in [5.41, 5.74) is 1.32. The molecule has 2 fully saturated rings. The second-order valence-corrected chi connectivity index (χ2v) is 6.31. The van der Waals surface area contributed by atoms with E-state index < -0.39 is 0 Å². The SMILES string of the molecule is O=C(N[C@@H]1C[C@H]1c1ccc(Br)cc1)C1CCOCC1. The van der Waals surface area contributed by atoms with E-state index in [1.807, 2.05) is 0 Å². The molecule has 1 aromatic carbocycles. The van der Waals surface area contributed by atoms with E-state index in [0.717, 1.165) is 36.9 Å². The van der Waals surface area contributed by atoms with Gasteiger partial charge >= 0.3 is 0 Å². The molecule has 1 amide bonds. The standard InChI is InChI=1S/C15H18BrNO2/c16-12-3-1-10(2-4-12)13-9-14(13)17-15(18)11-5-7-19-8-6-11/h1-4,11,13-14H,5-9H2,(H,17,18)/t13-,14+/m0/s1. The minimum Gasteiger partial charge on any atom is -0.381 e. The van der Waals surface area contributed by atoms with Gasteiger partial charge in [0, 0.05) is 35.6 Å². The second-order valence-electron chi connectivity index (χ2n) is 5.40. The lowest BCUT2D eigenvalue weighted by molar-refractivity contribution is -0.128. The zero-order valence-electron chi connectivity index (χ0n) is 10.8. The maximum Gasteiger partial charge on any atom is 0.223 e. The van der Waals surface area contributed by atoms with Crippen molar-refractivity contribution in [3.8, 4) is 0 Å². The fourth-order valence-corrected chi connectivity index (χ4v) is 2.96. The first-order valence-corrected chi connectivity index (χ1v) is 7.67. The predicted molar refractivity (Wildman–Crippen MR) is 77.0 cm³/mol. The van der Waals surface area contributed by atoms with E-state index in [2.05, 4.69) is 45.5 Å². The first-order valence-electron chi connectivity index (χ1n) is 6.87. The van der Waals surface area contributed by atoms with E-state index in [4.69, 9.17) is 4.74 Å². The quantitative estimate of drug-likeness (QED) is 0.928. The number of hydrogen-bond acceptors (Lipinski definition) is 2. The second kappa shape index (κ2) is 5.63. The third-order valence-electron chi connectivity index (χ3n) is 4.01. The molecule has 1 aliphatic carbocycles. The molecule has 19 heavy (non-hydrogen) atoms. The average molecular weight is 324 g/mol. The molecule has 0 unspecified atom stereocenters. The van der Waals surface area contributed by atoms with E-state index in [1.54, 1.807) is 0 Å². The number of ether oxygens (including phenoxy) is 1. The molecule has 3 nitrogen and oxygen atoms in total. The Bertz CT molecular complexity index is 454. The average Bonchev–Trinajstić information content (AvgIpc) is 3.20. The Morgan fingerprint density at radius 2 is 1.89 bits per heavy atom. The number of carbonyl (C=O) groups is 1. The van der Waals surface area contributed by atoms with Crippen LogP contribution in [0.2, 0.25) is 0 Å². The van der Waals surface area contributed by atoms with Gasteiger partial charge < -0.3 is 10.1 Å². The molecule has 2 atom stereocenters. The summed E-state index contributed by atoms with van der Waals surface area (Å²) in [6.07, 6.45) is 2.79. The normalized spacial score (nSPS) is 27.0. The van der Waals surface area contributed by atoms with Gasteiger partial charge in [0.05, 0.1) is 0 Å². The van der Waals surface area contributed by atoms with Gasteiger partial charge in [-0.3, -0.25) is 4.79 Å². The summed E-state index contributed by atoms with van der Waals surface area (Å²) < 4.78 is 6.38. The van der Waals surface area contributed by atoms with Gasteiger partial charge in [0.25, 0.3) is 0 Å². The lowest BCUT2D eigenvalue weighted by atomic mass is 9.99. The van der Waals surface area contributed by atoms with Crippen molar-refractivity contribution >= 4 is 21.8 Å². The molecule has 3 rings (SSSR count). The van der Waals surface area contributed by atoms with Gasteiger partial charge in [0.1, 0.15) is 0 Å². The number of benzene rings is 1. The maximum absolute atomic E-state index is 12.1. The lowest BCUT2D eigenvalue weighted by Crippen LogP contribution is -2.36. The van der Waals surface area contributed by atoms with Crippen molar-refractivity contribution in [3.05, 3.63) is 34.3 Å². The zero-order valence-corrected chi connectivity index (χ0v) is 12.4. The Kier molecular flexibility index (Phi) is 3.89. The van der Waals surface area contributed by atoms with Crippen LogP contribution in [0.4, 0.5) is 0 Å². The Morgan fingerprint density at radius 3 is 2.58 bits per heavy atom. The Morgan fingerprint density at radius 1 is 1.21 bits per heavy atom. The number of amides is 1. The van der Waals surface area contributed by atoms with E-state index in [1.165, 1.54) is 5.56 Å². The van der Waals surface area contributed by atoms with Crippen LogP contribution in [0.15, 0.2) is 28.7 Å². The van der Waals surface area contributed by atoms with Crippen LogP contribution in [-0.2, 0) is 9.53 Å². The van der Waals surface area contributed by atoms with Crippen LogP contribution in [0.25, 0.3) is 0 Å². The van der Waals surface area contributed by atoms with E-state index in [9.17, 15) is 4.79 Å². The molecular formula is C15H18BrNO2. The highest BCUT2D eigenvalue weighted by Crippen LogP contribution is 2.41. The van der Waals surface area contributed by atoms with Gasteiger partial charge in [-0.25, -0.2) is 0 Å². The number of rotatable bonds is 3. The topological polar surface area (TPSA) is 38.3 Å². The summed E-state index contributed by atoms with van der Waals surface area (Å²) in [7, 11) is 0. The van der Waals surface area contributed by atoms with Gasteiger partial charge in [0.15, 0.2) is 0 Å².